The molecule has 2 saturated heterocycles. The number of amides is 1. The minimum Gasteiger partial charge on any atom is -0.481 e. The largest absolute Gasteiger partial charge is 0.481 e. The number of carbonyl (C=O) groups is 1. The highest BCUT2D eigenvalue weighted by Crippen LogP contribution is 2.34. The molecule has 2 unspecified atom stereocenters. The van der Waals surface area contributed by atoms with Gasteiger partial charge in [0.25, 0.3) is 0 Å². The van der Waals surface area contributed by atoms with Gasteiger partial charge in [-0.1, -0.05) is 0 Å². The highest BCUT2D eigenvalue weighted by Gasteiger charge is 2.41. The molecule has 8 heteroatoms. The predicted molar refractivity (Wildman–Crippen MR) is 117 cm³/mol. The number of likely N-dealkylation sites (tertiary alicyclic amines) is 1. The van der Waals surface area contributed by atoms with E-state index in [1.54, 1.807) is 19.5 Å². The van der Waals surface area contributed by atoms with Crippen LogP contribution in [0.3, 0.4) is 0 Å². The molecular formula is C23H28N6O2. The lowest BCUT2D eigenvalue weighted by Gasteiger charge is -2.42. The second kappa shape index (κ2) is 9.31. The molecule has 31 heavy (non-hydrogen) atoms. The molecule has 2 aromatic heterocycles. The van der Waals surface area contributed by atoms with Crippen molar-refractivity contribution in [3.63, 3.8) is 0 Å². The Hall–Kier alpha value is -3.18. The molecule has 4 heterocycles. The number of rotatable bonds is 7. The molecule has 4 rings (SSSR count). The fourth-order valence-electron chi connectivity index (χ4n) is 4.56. The van der Waals surface area contributed by atoms with Crippen LogP contribution in [0.2, 0.25) is 0 Å². The summed E-state index contributed by atoms with van der Waals surface area (Å²) in [6, 6.07) is 10.4. The number of nitrogens with one attached hydrogen (secondary N) is 1. The highest BCUT2D eigenvalue weighted by atomic mass is 16.5. The second-order valence-electron chi connectivity index (χ2n) is 8.17. The Morgan fingerprint density at radius 2 is 2.06 bits per heavy atom. The molecule has 0 radical (unpaired) electrons. The predicted octanol–water partition coefficient (Wildman–Crippen LogP) is 2.28. The van der Waals surface area contributed by atoms with Crippen LogP contribution in [0.4, 0.5) is 5.82 Å². The Kier molecular flexibility index (Phi) is 6.33. The van der Waals surface area contributed by atoms with Gasteiger partial charge in [0.05, 0.1) is 12.7 Å². The van der Waals surface area contributed by atoms with Crippen LogP contribution < -0.4 is 15.0 Å². The highest BCUT2D eigenvalue weighted by molar-refractivity contribution is 5.77. The van der Waals surface area contributed by atoms with Gasteiger partial charge < -0.3 is 19.9 Å². The number of ether oxygens (including phenoxy) is 1. The smallest absolute Gasteiger partial charge is 0.223 e. The quantitative estimate of drug-likeness (QED) is 0.734. The van der Waals surface area contributed by atoms with Crippen molar-refractivity contribution in [3.8, 4) is 11.9 Å². The third kappa shape index (κ3) is 4.62. The van der Waals surface area contributed by atoms with E-state index in [2.05, 4.69) is 33.2 Å². The van der Waals surface area contributed by atoms with E-state index in [-0.39, 0.29) is 11.9 Å². The summed E-state index contributed by atoms with van der Waals surface area (Å²) >= 11 is 0. The number of hydrogen-bond donors (Lipinski definition) is 1. The summed E-state index contributed by atoms with van der Waals surface area (Å²) < 4.78 is 5.18. The van der Waals surface area contributed by atoms with Crippen molar-refractivity contribution in [2.75, 3.05) is 31.6 Å². The zero-order valence-corrected chi connectivity index (χ0v) is 18.0. The fourth-order valence-corrected chi connectivity index (χ4v) is 4.56. The van der Waals surface area contributed by atoms with Gasteiger partial charge in [0.15, 0.2) is 0 Å². The number of piperazine rings is 1. The standard InChI is InChI=1S/C23H28N6O2/c1-16(18-7-9-26-22(11-18)31-2)25-10-8-23(30)28-14-19-4-5-20(15-28)29(19)21-6-3-17(12-24)13-27-21/h3,6-7,9,11,13,16,19-20,25H,4-5,8,10,14-15H2,1-2H3/t16-,19?,20?/m0/s1. The Balaban J connectivity index is 1.29. The molecule has 1 N–H and O–H groups in total. The molecule has 3 atom stereocenters. The molecule has 1 amide bonds. The molecule has 0 aliphatic carbocycles. The van der Waals surface area contributed by atoms with Crippen LogP contribution in [0.5, 0.6) is 5.88 Å². The molecule has 2 aliphatic rings. The number of nitriles is 1. The van der Waals surface area contributed by atoms with Crippen LogP contribution in [0, 0.1) is 11.3 Å². The normalized spacial score (nSPS) is 20.9. The third-order valence-electron chi connectivity index (χ3n) is 6.23. The first-order chi connectivity index (χ1) is 15.1. The van der Waals surface area contributed by atoms with E-state index >= 15 is 0 Å². The molecule has 0 aromatic carbocycles. The maximum absolute atomic E-state index is 12.8. The summed E-state index contributed by atoms with van der Waals surface area (Å²) in [5, 5.41) is 12.4. The van der Waals surface area contributed by atoms with Crippen molar-refractivity contribution in [1.82, 2.24) is 20.2 Å². The summed E-state index contributed by atoms with van der Waals surface area (Å²) in [4.78, 5) is 25.8. The number of methoxy groups -OCH3 is 1. The zero-order valence-electron chi connectivity index (χ0n) is 18.0. The van der Waals surface area contributed by atoms with Gasteiger partial charge in [0, 0.05) is 62.6 Å². The van der Waals surface area contributed by atoms with E-state index in [0.717, 1.165) is 37.3 Å². The Morgan fingerprint density at radius 1 is 1.29 bits per heavy atom. The lowest BCUT2D eigenvalue weighted by molar-refractivity contribution is -0.132. The van der Waals surface area contributed by atoms with Crippen LogP contribution in [0.1, 0.15) is 43.4 Å². The van der Waals surface area contributed by atoms with Gasteiger partial charge in [-0.05, 0) is 43.5 Å². The summed E-state index contributed by atoms with van der Waals surface area (Å²) in [6.45, 7) is 4.16. The van der Waals surface area contributed by atoms with Crippen molar-refractivity contribution < 1.29 is 9.53 Å². The summed E-state index contributed by atoms with van der Waals surface area (Å²) in [7, 11) is 1.60. The van der Waals surface area contributed by atoms with E-state index in [1.807, 2.05) is 29.2 Å². The first-order valence-electron chi connectivity index (χ1n) is 10.7. The van der Waals surface area contributed by atoms with E-state index in [9.17, 15) is 4.79 Å². The molecule has 2 aliphatic heterocycles. The van der Waals surface area contributed by atoms with Gasteiger partial charge in [-0.2, -0.15) is 5.26 Å². The summed E-state index contributed by atoms with van der Waals surface area (Å²) in [5.41, 5.74) is 1.65. The molecule has 0 spiro atoms. The SMILES string of the molecule is COc1cc([C@H](C)NCCC(=O)N2CC3CCC(C2)N3c2ccc(C#N)cn2)ccn1. The fraction of sp³-hybridized carbons (Fsp3) is 0.478. The Bertz CT molecular complexity index is 943. The van der Waals surface area contributed by atoms with Crippen molar-refractivity contribution in [2.24, 2.45) is 0 Å². The Labute approximate surface area is 182 Å². The van der Waals surface area contributed by atoms with Gasteiger partial charge in [-0.25, -0.2) is 9.97 Å². The average Bonchev–Trinajstić information content (AvgIpc) is 3.07. The lowest BCUT2D eigenvalue weighted by Crippen LogP contribution is -2.56. The number of nitrogens with zero attached hydrogens (tertiary/aromatic N) is 5. The monoisotopic (exact) mass is 420 g/mol. The summed E-state index contributed by atoms with van der Waals surface area (Å²) in [5.74, 6) is 1.69. The van der Waals surface area contributed by atoms with Crippen molar-refractivity contribution in [3.05, 3.63) is 47.8 Å². The number of pyridine rings is 2. The summed E-state index contributed by atoms with van der Waals surface area (Å²) in [6.07, 6.45) is 5.96. The van der Waals surface area contributed by atoms with E-state index in [0.29, 0.717) is 36.5 Å². The minimum atomic E-state index is 0.111. The maximum Gasteiger partial charge on any atom is 0.223 e. The van der Waals surface area contributed by atoms with E-state index in [1.165, 1.54) is 0 Å². The van der Waals surface area contributed by atoms with Crippen molar-refractivity contribution >= 4 is 11.7 Å². The maximum atomic E-state index is 12.8. The van der Waals surface area contributed by atoms with Gasteiger partial charge in [0.2, 0.25) is 11.8 Å². The lowest BCUT2D eigenvalue weighted by atomic mass is 10.1. The number of hydrogen-bond acceptors (Lipinski definition) is 7. The average molecular weight is 421 g/mol. The van der Waals surface area contributed by atoms with Gasteiger partial charge >= 0.3 is 0 Å². The zero-order chi connectivity index (χ0) is 21.8. The molecule has 162 valence electrons. The number of aromatic nitrogens is 2. The molecule has 0 saturated carbocycles. The minimum absolute atomic E-state index is 0.111. The number of carbonyl (C=O) groups excluding carboxylic acids is 1. The van der Waals surface area contributed by atoms with Crippen LogP contribution in [-0.4, -0.2) is 59.6 Å². The number of anilines is 1. The molecule has 2 fully saturated rings. The van der Waals surface area contributed by atoms with Gasteiger partial charge in [-0.3, -0.25) is 4.79 Å². The first kappa shape index (κ1) is 21.1. The number of fused-ring (bicyclic) bond motifs is 2. The van der Waals surface area contributed by atoms with Crippen LogP contribution >= 0.6 is 0 Å². The van der Waals surface area contributed by atoms with Crippen LogP contribution in [-0.2, 0) is 4.79 Å². The first-order valence-corrected chi connectivity index (χ1v) is 10.7. The molecule has 2 bridgehead atoms. The Morgan fingerprint density at radius 3 is 2.71 bits per heavy atom. The van der Waals surface area contributed by atoms with Crippen LogP contribution in [0.25, 0.3) is 0 Å². The molecule has 2 aromatic rings. The van der Waals surface area contributed by atoms with Gasteiger partial charge in [-0.15, -0.1) is 0 Å². The van der Waals surface area contributed by atoms with E-state index < -0.39 is 0 Å². The van der Waals surface area contributed by atoms with Crippen LogP contribution in [0.15, 0.2) is 36.7 Å². The topological polar surface area (TPSA) is 94.4 Å². The third-order valence-corrected chi connectivity index (χ3v) is 6.23. The molecule has 8 nitrogen and oxygen atoms in total. The molecular weight excluding hydrogens is 392 g/mol. The van der Waals surface area contributed by atoms with Gasteiger partial charge in [0.1, 0.15) is 11.9 Å². The van der Waals surface area contributed by atoms with E-state index in [4.69, 9.17) is 10.00 Å². The second-order valence-corrected chi connectivity index (χ2v) is 8.17. The van der Waals surface area contributed by atoms with Crippen molar-refractivity contribution in [2.45, 2.75) is 44.3 Å². The van der Waals surface area contributed by atoms with Crippen molar-refractivity contribution in [1.29, 1.82) is 5.26 Å².